The van der Waals surface area contributed by atoms with E-state index in [4.69, 9.17) is 0 Å². The number of carbonyl (C=O) groups excluding carboxylic acids is 2. The van der Waals surface area contributed by atoms with Crippen LogP contribution >= 0.6 is 11.3 Å². The van der Waals surface area contributed by atoms with E-state index in [2.05, 4.69) is 28.8 Å². The van der Waals surface area contributed by atoms with Gasteiger partial charge >= 0.3 is 0 Å². The summed E-state index contributed by atoms with van der Waals surface area (Å²) in [6.07, 6.45) is 5.54. The highest BCUT2D eigenvalue weighted by atomic mass is 32.1. The van der Waals surface area contributed by atoms with E-state index in [-0.39, 0.29) is 11.8 Å². The summed E-state index contributed by atoms with van der Waals surface area (Å²) in [5.74, 6) is -0.115. The Kier molecular flexibility index (Phi) is 7.27. The van der Waals surface area contributed by atoms with Crippen LogP contribution < -0.4 is 10.6 Å². The number of aromatic nitrogens is 1. The minimum Gasteiger partial charge on any atom is -0.350 e. The second kappa shape index (κ2) is 9.03. The molecule has 108 valence electrons. The Morgan fingerprint density at radius 3 is 2.50 bits per heavy atom. The van der Waals surface area contributed by atoms with E-state index in [1.165, 1.54) is 11.3 Å². The average Bonchev–Trinajstić information content (AvgIpc) is 2.88. The van der Waals surface area contributed by atoms with E-state index in [0.717, 1.165) is 5.69 Å². The quantitative estimate of drug-likeness (QED) is 0.688. The molecule has 0 saturated heterocycles. The van der Waals surface area contributed by atoms with E-state index in [9.17, 15) is 9.59 Å². The first-order valence-electron chi connectivity index (χ1n) is 6.38. The molecule has 0 atom stereocenters. The zero-order valence-electron chi connectivity index (χ0n) is 11.4. The maximum atomic E-state index is 11.5. The van der Waals surface area contributed by atoms with Crippen LogP contribution in [0, 0.1) is 0 Å². The van der Waals surface area contributed by atoms with Gasteiger partial charge in [-0.3, -0.25) is 9.59 Å². The van der Waals surface area contributed by atoms with Crippen molar-refractivity contribution in [2.45, 2.75) is 32.2 Å². The molecule has 1 heterocycles. The first-order chi connectivity index (χ1) is 9.65. The third kappa shape index (κ3) is 6.29. The molecule has 0 aliphatic carbocycles. The van der Waals surface area contributed by atoms with Crippen molar-refractivity contribution < 1.29 is 9.59 Å². The Balaban J connectivity index is 2.35. The lowest BCUT2D eigenvalue weighted by Gasteiger charge is -2.01. The Morgan fingerprint density at radius 1 is 1.20 bits per heavy atom. The number of carbonyl (C=O) groups is 2. The van der Waals surface area contributed by atoms with Crippen molar-refractivity contribution in [1.82, 2.24) is 10.3 Å². The number of hydrogen-bond donors (Lipinski definition) is 2. The SMILES string of the molecule is C=CCCC(=O)NCc1csc(NC(=O)CCC=C)n1. The van der Waals surface area contributed by atoms with Gasteiger partial charge in [0.1, 0.15) is 0 Å². The summed E-state index contributed by atoms with van der Waals surface area (Å²) in [6.45, 7) is 7.50. The molecule has 1 aromatic heterocycles. The molecule has 6 heteroatoms. The molecule has 2 N–H and O–H groups in total. The fraction of sp³-hybridized carbons (Fsp3) is 0.357. The third-order valence-corrected chi connectivity index (χ3v) is 3.22. The van der Waals surface area contributed by atoms with Crippen LogP contribution in [0.1, 0.15) is 31.4 Å². The zero-order valence-corrected chi connectivity index (χ0v) is 12.2. The summed E-state index contributed by atoms with van der Waals surface area (Å²) in [6, 6.07) is 0. The van der Waals surface area contributed by atoms with Gasteiger partial charge in [-0.15, -0.1) is 24.5 Å². The Labute approximate surface area is 122 Å². The van der Waals surface area contributed by atoms with Crippen LogP contribution in [-0.2, 0) is 16.1 Å². The third-order valence-electron chi connectivity index (χ3n) is 2.42. The molecule has 1 aromatic rings. The van der Waals surface area contributed by atoms with Crippen LogP contribution in [0.4, 0.5) is 5.13 Å². The molecule has 0 fully saturated rings. The van der Waals surface area contributed by atoms with Crippen molar-refractivity contribution in [3.63, 3.8) is 0 Å². The molecular weight excluding hydrogens is 274 g/mol. The predicted molar refractivity (Wildman–Crippen MR) is 81.5 cm³/mol. The van der Waals surface area contributed by atoms with Crippen LogP contribution in [0.5, 0.6) is 0 Å². The monoisotopic (exact) mass is 293 g/mol. The first-order valence-corrected chi connectivity index (χ1v) is 7.26. The molecule has 0 radical (unpaired) electrons. The lowest BCUT2D eigenvalue weighted by molar-refractivity contribution is -0.121. The second-order valence-electron chi connectivity index (χ2n) is 4.12. The summed E-state index contributed by atoms with van der Waals surface area (Å²) in [7, 11) is 0. The Bertz CT molecular complexity index is 483. The summed E-state index contributed by atoms with van der Waals surface area (Å²) in [5.41, 5.74) is 0.737. The largest absolute Gasteiger partial charge is 0.350 e. The molecule has 0 spiro atoms. The number of amides is 2. The number of rotatable bonds is 9. The molecule has 0 aromatic carbocycles. The highest BCUT2D eigenvalue weighted by molar-refractivity contribution is 7.13. The van der Waals surface area contributed by atoms with Crippen molar-refractivity contribution in [3.05, 3.63) is 36.4 Å². The standard InChI is InChI=1S/C14H19N3O2S/c1-3-5-7-12(18)15-9-11-10-20-14(16-11)17-13(19)8-6-4-2/h3-4,10H,1-2,5-9H2,(H,15,18)(H,16,17,19). The average molecular weight is 293 g/mol. The highest BCUT2D eigenvalue weighted by Crippen LogP contribution is 2.15. The lowest BCUT2D eigenvalue weighted by Crippen LogP contribution is -2.22. The minimum absolute atomic E-state index is 0.0329. The van der Waals surface area contributed by atoms with Gasteiger partial charge in [-0.05, 0) is 12.8 Å². The number of thiazole rings is 1. The fourth-order valence-electron chi connectivity index (χ4n) is 1.37. The van der Waals surface area contributed by atoms with Crippen LogP contribution in [-0.4, -0.2) is 16.8 Å². The van der Waals surface area contributed by atoms with E-state index >= 15 is 0 Å². The van der Waals surface area contributed by atoms with E-state index in [1.54, 1.807) is 12.2 Å². The molecule has 0 aliphatic rings. The molecule has 0 aliphatic heterocycles. The van der Waals surface area contributed by atoms with E-state index < -0.39 is 0 Å². The van der Waals surface area contributed by atoms with Gasteiger partial charge < -0.3 is 10.6 Å². The molecular formula is C14H19N3O2S. The minimum atomic E-state index is -0.0826. The van der Waals surface area contributed by atoms with Crippen LogP contribution in [0.25, 0.3) is 0 Å². The predicted octanol–water partition coefficient (Wildman–Crippen LogP) is 2.63. The number of anilines is 1. The van der Waals surface area contributed by atoms with Crippen LogP contribution in [0.2, 0.25) is 0 Å². The number of allylic oxidation sites excluding steroid dienone is 2. The summed E-state index contributed by atoms with van der Waals surface area (Å²) >= 11 is 1.34. The Hall–Kier alpha value is -1.95. The zero-order chi connectivity index (χ0) is 14.8. The molecule has 0 unspecified atom stereocenters. The maximum absolute atomic E-state index is 11.5. The molecule has 5 nitrogen and oxygen atoms in total. The number of hydrogen-bond acceptors (Lipinski definition) is 4. The lowest BCUT2D eigenvalue weighted by atomic mass is 10.3. The van der Waals surface area contributed by atoms with E-state index in [1.807, 2.05) is 5.38 Å². The van der Waals surface area contributed by atoms with Crippen LogP contribution in [0.15, 0.2) is 30.7 Å². The van der Waals surface area contributed by atoms with Gasteiger partial charge in [-0.25, -0.2) is 4.98 Å². The fourth-order valence-corrected chi connectivity index (χ4v) is 2.10. The smallest absolute Gasteiger partial charge is 0.226 e. The highest BCUT2D eigenvalue weighted by Gasteiger charge is 2.07. The molecule has 20 heavy (non-hydrogen) atoms. The van der Waals surface area contributed by atoms with Crippen LogP contribution in [0.3, 0.4) is 0 Å². The first kappa shape index (κ1) is 16.1. The van der Waals surface area contributed by atoms with Gasteiger partial charge in [0.25, 0.3) is 0 Å². The summed E-state index contributed by atoms with van der Waals surface area (Å²) < 4.78 is 0. The van der Waals surface area contributed by atoms with Gasteiger partial charge in [0.2, 0.25) is 11.8 Å². The summed E-state index contributed by atoms with van der Waals surface area (Å²) in [4.78, 5) is 27.1. The van der Waals surface area contributed by atoms with Crippen molar-refractivity contribution in [3.8, 4) is 0 Å². The van der Waals surface area contributed by atoms with Gasteiger partial charge in [0.15, 0.2) is 5.13 Å². The second-order valence-corrected chi connectivity index (χ2v) is 4.98. The normalized spacial score (nSPS) is 9.80. The topological polar surface area (TPSA) is 71.1 Å². The van der Waals surface area contributed by atoms with Gasteiger partial charge in [0.05, 0.1) is 12.2 Å². The van der Waals surface area contributed by atoms with Crippen molar-refractivity contribution >= 4 is 28.3 Å². The number of nitrogens with one attached hydrogen (secondary N) is 2. The molecule has 2 amide bonds. The maximum Gasteiger partial charge on any atom is 0.226 e. The summed E-state index contributed by atoms with van der Waals surface area (Å²) in [5, 5.41) is 7.85. The number of nitrogens with zero attached hydrogens (tertiary/aromatic N) is 1. The van der Waals surface area contributed by atoms with Crippen molar-refractivity contribution in [2.24, 2.45) is 0 Å². The van der Waals surface area contributed by atoms with Gasteiger partial charge in [-0.1, -0.05) is 12.2 Å². The molecule has 0 saturated carbocycles. The molecule has 1 rings (SSSR count). The van der Waals surface area contributed by atoms with E-state index in [0.29, 0.717) is 37.4 Å². The Morgan fingerprint density at radius 2 is 1.85 bits per heavy atom. The van der Waals surface area contributed by atoms with Gasteiger partial charge in [0, 0.05) is 18.2 Å². The van der Waals surface area contributed by atoms with Crippen molar-refractivity contribution in [1.29, 1.82) is 0 Å². The molecule has 0 bridgehead atoms. The van der Waals surface area contributed by atoms with Crippen molar-refractivity contribution in [2.75, 3.05) is 5.32 Å². The van der Waals surface area contributed by atoms with Gasteiger partial charge in [-0.2, -0.15) is 0 Å².